The zero-order valence-corrected chi connectivity index (χ0v) is 12.5. The van der Waals surface area contributed by atoms with Gasteiger partial charge in [-0.25, -0.2) is 4.98 Å². The highest BCUT2D eigenvalue weighted by molar-refractivity contribution is 7.19. The Morgan fingerprint density at radius 3 is 2.86 bits per heavy atom. The van der Waals surface area contributed by atoms with Crippen molar-refractivity contribution in [3.63, 3.8) is 0 Å². The van der Waals surface area contributed by atoms with E-state index in [2.05, 4.69) is 9.38 Å². The Bertz CT molecular complexity index is 830. The van der Waals surface area contributed by atoms with Crippen LogP contribution in [0.15, 0.2) is 24.3 Å². The number of para-hydroxylation sites is 2. The molecule has 0 unspecified atom stereocenters. The van der Waals surface area contributed by atoms with Crippen molar-refractivity contribution in [1.29, 1.82) is 0 Å². The van der Waals surface area contributed by atoms with Crippen LogP contribution in [0.5, 0.6) is 0 Å². The second-order valence-electron chi connectivity index (χ2n) is 5.14. The van der Waals surface area contributed by atoms with Gasteiger partial charge in [0, 0.05) is 18.8 Å². The molecule has 3 aromatic rings. The van der Waals surface area contributed by atoms with Crippen molar-refractivity contribution in [3.05, 3.63) is 34.8 Å². The summed E-state index contributed by atoms with van der Waals surface area (Å²) < 4.78 is 7.39. The molecule has 1 aliphatic heterocycles. The van der Waals surface area contributed by atoms with Gasteiger partial charge in [-0.3, -0.25) is 9.20 Å². The normalized spacial score (nSPS) is 16.0. The molecule has 1 saturated heterocycles. The maximum atomic E-state index is 12.7. The first-order valence-electron chi connectivity index (χ1n) is 6.99. The van der Waals surface area contributed by atoms with Crippen molar-refractivity contribution in [3.8, 4) is 0 Å². The molecule has 21 heavy (non-hydrogen) atoms. The van der Waals surface area contributed by atoms with E-state index < -0.39 is 0 Å². The topological polar surface area (TPSA) is 46.8 Å². The number of aromatic nitrogens is 2. The molecule has 0 saturated carbocycles. The summed E-state index contributed by atoms with van der Waals surface area (Å²) in [5.74, 6) is 0.0929. The molecule has 5 nitrogen and oxygen atoms in total. The van der Waals surface area contributed by atoms with Gasteiger partial charge in [-0.05, 0) is 19.1 Å². The van der Waals surface area contributed by atoms with Crippen molar-refractivity contribution in [2.45, 2.75) is 6.92 Å². The molecule has 4 rings (SSSR count). The van der Waals surface area contributed by atoms with Crippen LogP contribution in [0.2, 0.25) is 0 Å². The van der Waals surface area contributed by atoms with Crippen LogP contribution in [-0.2, 0) is 4.74 Å². The first kappa shape index (κ1) is 12.8. The van der Waals surface area contributed by atoms with E-state index in [1.165, 1.54) is 11.3 Å². The molecule has 0 bridgehead atoms. The fourth-order valence-electron chi connectivity index (χ4n) is 2.77. The van der Waals surface area contributed by atoms with Crippen LogP contribution >= 0.6 is 11.3 Å². The van der Waals surface area contributed by atoms with Crippen LogP contribution in [0, 0.1) is 6.92 Å². The number of imidazole rings is 1. The molecule has 3 heterocycles. The fraction of sp³-hybridized carbons (Fsp3) is 0.333. The van der Waals surface area contributed by atoms with Gasteiger partial charge in [-0.1, -0.05) is 23.5 Å². The Balaban J connectivity index is 1.82. The molecule has 0 aliphatic carbocycles. The molecule has 0 atom stereocenters. The lowest BCUT2D eigenvalue weighted by Gasteiger charge is -2.26. The molecule has 0 N–H and O–H groups in total. The number of benzene rings is 1. The summed E-state index contributed by atoms with van der Waals surface area (Å²) in [4.78, 5) is 20.8. The molecule has 1 aliphatic rings. The quantitative estimate of drug-likeness (QED) is 0.693. The van der Waals surface area contributed by atoms with E-state index >= 15 is 0 Å². The number of hydrogen-bond donors (Lipinski definition) is 0. The number of ether oxygens (including phenoxy) is 1. The number of carbonyl (C=O) groups is 1. The van der Waals surface area contributed by atoms with Crippen LogP contribution in [0.25, 0.3) is 16.0 Å². The Morgan fingerprint density at radius 2 is 2.05 bits per heavy atom. The molecule has 1 aromatic carbocycles. The van der Waals surface area contributed by atoms with Gasteiger partial charge in [0.05, 0.1) is 24.2 Å². The average molecular weight is 301 g/mol. The lowest BCUT2D eigenvalue weighted by Crippen LogP contribution is -2.40. The molecule has 108 valence electrons. The highest BCUT2D eigenvalue weighted by Gasteiger charge is 2.24. The van der Waals surface area contributed by atoms with Crippen LogP contribution in [0.4, 0.5) is 0 Å². The third-order valence-electron chi connectivity index (χ3n) is 3.88. The molecule has 6 heteroatoms. The summed E-state index contributed by atoms with van der Waals surface area (Å²) in [6, 6.07) is 8.02. The molecule has 1 fully saturated rings. The summed E-state index contributed by atoms with van der Waals surface area (Å²) in [7, 11) is 0. The number of carbonyl (C=O) groups excluding carboxylic acids is 1. The van der Waals surface area contributed by atoms with Crippen molar-refractivity contribution in [1.82, 2.24) is 14.3 Å². The van der Waals surface area contributed by atoms with E-state index in [1.807, 2.05) is 36.1 Å². The number of morpholine rings is 1. The summed E-state index contributed by atoms with van der Waals surface area (Å²) >= 11 is 1.47. The smallest absolute Gasteiger partial charge is 0.266 e. The van der Waals surface area contributed by atoms with Crippen LogP contribution in [-0.4, -0.2) is 46.5 Å². The van der Waals surface area contributed by atoms with Gasteiger partial charge in [-0.15, -0.1) is 0 Å². The third-order valence-corrected chi connectivity index (χ3v) is 5.01. The SMILES string of the molecule is Cc1c(C(=O)N2CCOCC2)sc2nc3ccccc3n12. The number of hydrogen-bond acceptors (Lipinski definition) is 4. The predicted molar refractivity (Wildman–Crippen MR) is 82.0 cm³/mol. The highest BCUT2D eigenvalue weighted by Crippen LogP contribution is 2.28. The highest BCUT2D eigenvalue weighted by atomic mass is 32.1. The summed E-state index contributed by atoms with van der Waals surface area (Å²) in [5, 5.41) is 0. The number of fused-ring (bicyclic) bond motifs is 3. The minimum absolute atomic E-state index is 0.0929. The lowest BCUT2D eigenvalue weighted by atomic mass is 10.3. The van der Waals surface area contributed by atoms with Gasteiger partial charge in [0.1, 0.15) is 4.88 Å². The largest absolute Gasteiger partial charge is 0.378 e. The Morgan fingerprint density at radius 1 is 1.29 bits per heavy atom. The van der Waals surface area contributed by atoms with Gasteiger partial charge in [0.15, 0.2) is 4.96 Å². The maximum Gasteiger partial charge on any atom is 0.266 e. The Kier molecular flexibility index (Phi) is 2.94. The van der Waals surface area contributed by atoms with Gasteiger partial charge < -0.3 is 9.64 Å². The number of nitrogens with zero attached hydrogens (tertiary/aromatic N) is 3. The molecule has 0 radical (unpaired) electrons. The number of amides is 1. The Hall–Kier alpha value is -1.92. The minimum Gasteiger partial charge on any atom is -0.378 e. The van der Waals surface area contributed by atoms with Crippen molar-refractivity contribution in [2.24, 2.45) is 0 Å². The number of rotatable bonds is 1. The second-order valence-corrected chi connectivity index (χ2v) is 6.12. The van der Waals surface area contributed by atoms with Gasteiger partial charge in [0.2, 0.25) is 0 Å². The second kappa shape index (κ2) is 4.82. The van der Waals surface area contributed by atoms with Crippen LogP contribution in [0.1, 0.15) is 15.4 Å². The fourth-order valence-corrected chi connectivity index (χ4v) is 3.88. The monoisotopic (exact) mass is 301 g/mol. The maximum absolute atomic E-state index is 12.7. The van der Waals surface area contributed by atoms with Gasteiger partial charge in [0.25, 0.3) is 5.91 Å². The van der Waals surface area contributed by atoms with Gasteiger partial charge >= 0.3 is 0 Å². The van der Waals surface area contributed by atoms with Crippen molar-refractivity contribution in [2.75, 3.05) is 26.3 Å². The number of thiazole rings is 1. The van der Waals surface area contributed by atoms with Crippen molar-refractivity contribution < 1.29 is 9.53 Å². The minimum atomic E-state index is 0.0929. The summed E-state index contributed by atoms with van der Waals surface area (Å²) in [6.45, 7) is 4.57. The van der Waals surface area contributed by atoms with E-state index in [4.69, 9.17) is 4.74 Å². The third kappa shape index (κ3) is 1.94. The first-order chi connectivity index (χ1) is 10.3. The number of aryl methyl sites for hydroxylation is 1. The van der Waals surface area contributed by atoms with E-state index in [1.54, 1.807) is 0 Å². The van der Waals surface area contributed by atoms with Crippen LogP contribution < -0.4 is 0 Å². The van der Waals surface area contributed by atoms with E-state index in [-0.39, 0.29) is 5.91 Å². The van der Waals surface area contributed by atoms with Gasteiger partial charge in [-0.2, -0.15) is 0 Å². The lowest BCUT2D eigenvalue weighted by molar-refractivity contribution is 0.0305. The van der Waals surface area contributed by atoms with Crippen molar-refractivity contribution >= 4 is 33.2 Å². The first-order valence-corrected chi connectivity index (χ1v) is 7.81. The van der Waals surface area contributed by atoms with E-state index in [0.717, 1.165) is 26.6 Å². The molecule has 2 aromatic heterocycles. The zero-order valence-electron chi connectivity index (χ0n) is 11.7. The molecule has 1 amide bonds. The standard InChI is InChI=1S/C15H15N3O2S/c1-10-13(14(19)17-6-8-20-9-7-17)21-15-16-11-4-2-3-5-12(11)18(10)15/h2-5H,6-9H2,1H3. The van der Waals surface area contributed by atoms with Crippen LogP contribution in [0.3, 0.4) is 0 Å². The van der Waals surface area contributed by atoms with E-state index in [9.17, 15) is 4.79 Å². The van der Waals surface area contributed by atoms with E-state index in [0.29, 0.717) is 26.3 Å². The average Bonchev–Trinajstić information content (AvgIpc) is 3.04. The predicted octanol–water partition coefficient (Wildman–Crippen LogP) is 2.33. The summed E-state index contributed by atoms with van der Waals surface area (Å²) in [6.07, 6.45) is 0. The molecular weight excluding hydrogens is 286 g/mol. The Labute approximate surface area is 125 Å². The zero-order chi connectivity index (χ0) is 14.4. The molecular formula is C15H15N3O2S. The molecule has 0 spiro atoms. The summed E-state index contributed by atoms with van der Waals surface area (Å²) in [5.41, 5.74) is 3.00.